The van der Waals surface area contributed by atoms with Crippen molar-refractivity contribution in [1.29, 1.82) is 0 Å². The normalized spacial score (nSPS) is 11.1. The molecule has 0 fully saturated rings. The van der Waals surface area contributed by atoms with Crippen molar-refractivity contribution in [3.8, 4) is 0 Å². The summed E-state index contributed by atoms with van der Waals surface area (Å²) in [4.78, 5) is 4.71. The topological polar surface area (TPSA) is 27.0 Å². The average molecular weight is 721 g/mol. The molecule has 0 aliphatic heterocycles. The predicted molar refractivity (Wildman–Crippen MR) is 180 cm³/mol. The zero-order valence-corrected chi connectivity index (χ0v) is 30.2. The molecule has 0 aliphatic carbocycles. The molecule has 1 heterocycles. The number of benzene rings is 4. The molecule has 0 aliphatic rings. The van der Waals surface area contributed by atoms with E-state index in [1.165, 1.54) is 33.0 Å². The minimum Gasteiger partial charge on any atom is -0.673 e. The van der Waals surface area contributed by atoms with Crippen molar-refractivity contribution in [2.45, 2.75) is 65.3 Å². The van der Waals surface area contributed by atoms with E-state index in [4.69, 9.17) is 10.3 Å². The summed E-state index contributed by atoms with van der Waals surface area (Å²) in [7, 11) is 0. The number of hydrogen-bond donors (Lipinski definition) is 0. The molecule has 1 aromatic heterocycles. The van der Waals surface area contributed by atoms with Crippen LogP contribution in [0.1, 0.15) is 93.3 Å². The van der Waals surface area contributed by atoms with Gasteiger partial charge in [-0.15, -0.1) is 22.5 Å². The molecule has 3 heteroatoms. The Labute approximate surface area is 274 Å². The average Bonchev–Trinajstić information content (AvgIpc) is 2.96. The van der Waals surface area contributed by atoms with Gasteiger partial charge in [-0.3, -0.25) is 4.98 Å². The van der Waals surface area contributed by atoms with Crippen LogP contribution in [0.2, 0.25) is 0 Å². The van der Waals surface area contributed by atoms with Crippen LogP contribution in [-0.2, 0) is 25.8 Å². The smallest absolute Gasteiger partial charge is 0.673 e. The van der Waals surface area contributed by atoms with E-state index in [0.29, 0.717) is 17.8 Å². The first-order valence-corrected chi connectivity index (χ1v) is 14.0. The molecule has 1 atom stereocenters. The van der Waals surface area contributed by atoms with Crippen molar-refractivity contribution in [2.75, 3.05) is 0 Å². The van der Waals surface area contributed by atoms with E-state index in [0.717, 1.165) is 11.4 Å². The van der Waals surface area contributed by atoms with E-state index in [1.807, 2.05) is 36.5 Å². The van der Waals surface area contributed by atoms with Gasteiger partial charge in [-0.1, -0.05) is 125 Å². The molecule has 5 rings (SSSR count). The number of pyridine rings is 1. The predicted octanol–water partition coefficient (Wildman–Crippen LogP) is 11.8. The minimum absolute atomic E-state index is 0. The van der Waals surface area contributed by atoms with Crippen molar-refractivity contribution in [3.05, 3.63) is 164 Å². The number of nitrogens with zero attached hydrogens (tertiary/aromatic N) is 2. The van der Waals surface area contributed by atoms with Crippen molar-refractivity contribution < 1.29 is 25.8 Å². The Bertz CT molecular complexity index is 1380. The maximum absolute atomic E-state index is 5.42. The summed E-state index contributed by atoms with van der Waals surface area (Å²) in [5.74, 6) is 1.26. The maximum Gasteiger partial charge on any atom is 4.00 e. The monoisotopic (exact) mass is 722 g/mol. The fourth-order valence-electron chi connectivity index (χ4n) is 4.98. The van der Waals surface area contributed by atoms with Crippen molar-refractivity contribution in [3.63, 3.8) is 0 Å². The molecule has 4 aromatic carbocycles. The van der Waals surface area contributed by atoms with Gasteiger partial charge in [0.2, 0.25) is 0 Å². The number of para-hydroxylation sites is 1. The first-order chi connectivity index (χ1) is 18.9. The summed E-state index contributed by atoms with van der Waals surface area (Å²) in [5, 5.41) is 7.96. The quantitative estimate of drug-likeness (QED) is 0.121. The van der Waals surface area contributed by atoms with Gasteiger partial charge >= 0.3 is 25.8 Å². The number of aromatic nitrogens is 1. The van der Waals surface area contributed by atoms with Crippen molar-refractivity contribution >= 4 is 16.5 Å². The molecule has 0 radical (unpaired) electrons. The van der Waals surface area contributed by atoms with Crippen LogP contribution in [0.25, 0.3) is 16.1 Å². The Balaban J connectivity index is 0.000000573. The van der Waals surface area contributed by atoms with E-state index >= 15 is 0 Å². The van der Waals surface area contributed by atoms with Gasteiger partial charge in [0, 0.05) is 11.9 Å². The molecule has 1 unspecified atom stereocenters. The number of fused-ring (bicyclic) bond motifs is 1. The van der Waals surface area contributed by atoms with Gasteiger partial charge in [0.15, 0.2) is 0 Å². The molecule has 42 heavy (non-hydrogen) atoms. The summed E-state index contributed by atoms with van der Waals surface area (Å²) in [5.41, 5.74) is 7.31. The van der Waals surface area contributed by atoms with E-state index in [1.54, 1.807) is 0 Å². The van der Waals surface area contributed by atoms with E-state index in [9.17, 15) is 0 Å². The molecule has 2 nitrogen and oxygen atoms in total. The molecule has 0 saturated heterocycles. The number of hydrogen-bond acceptors (Lipinski definition) is 1. The van der Waals surface area contributed by atoms with Crippen LogP contribution >= 0.6 is 0 Å². The van der Waals surface area contributed by atoms with Gasteiger partial charge in [0.25, 0.3) is 0 Å². The van der Waals surface area contributed by atoms with Crippen LogP contribution in [0.3, 0.4) is 0 Å². The van der Waals surface area contributed by atoms with Gasteiger partial charge in [0.1, 0.15) is 0 Å². The van der Waals surface area contributed by atoms with Crippen LogP contribution in [0.15, 0.2) is 109 Å². The van der Waals surface area contributed by atoms with E-state index in [-0.39, 0.29) is 46.7 Å². The van der Waals surface area contributed by atoms with Crippen LogP contribution < -0.4 is 0 Å². The Morgan fingerprint density at radius 3 is 1.64 bits per heavy atom. The Kier molecular flexibility index (Phi) is 15.7. The third-order valence-corrected chi connectivity index (χ3v) is 7.08. The third kappa shape index (κ3) is 9.23. The second-order valence-corrected chi connectivity index (χ2v) is 10.9. The van der Waals surface area contributed by atoms with E-state index < -0.39 is 0 Å². The molecule has 216 valence electrons. The molecule has 0 spiro atoms. The summed E-state index contributed by atoms with van der Waals surface area (Å²) in [6.45, 7) is 13.5. The number of rotatable bonds is 7. The fourth-order valence-corrected chi connectivity index (χ4v) is 4.98. The summed E-state index contributed by atoms with van der Waals surface area (Å²) in [6, 6.07) is 38.6. The zero-order valence-electron chi connectivity index (χ0n) is 26.6. The van der Waals surface area contributed by atoms with Gasteiger partial charge in [-0.2, -0.15) is 24.3 Å². The standard InChI is InChI=1S/C27H33N2.C10H7.2CH3.Hf/c1-18(2)21-12-7-8-13-24(21)27(25-16-9-10-17-28-25)29-26-22(19(3)4)14-11-15-23(26)20(5)6;1-2-6-10-8-4-3-7-9(10)5-1;;;/h7-20,27H,1-6H3;1-3,5-8H;2*1H3;/q4*-1;+4. The van der Waals surface area contributed by atoms with E-state index in [2.05, 4.69) is 120 Å². The Morgan fingerprint density at radius 2 is 1.10 bits per heavy atom. The largest absolute Gasteiger partial charge is 4.00 e. The third-order valence-electron chi connectivity index (χ3n) is 7.08. The molecule has 0 saturated carbocycles. The molecule has 0 bridgehead atoms. The van der Waals surface area contributed by atoms with Crippen molar-refractivity contribution in [1.82, 2.24) is 4.98 Å². The summed E-state index contributed by atoms with van der Waals surface area (Å²) < 4.78 is 0. The second kappa shape index (κ2) is 17.8. The first kappa shape index (κ1) is 37.0. The molecule has 5 aromatic rings. The van der Waals surface area contributed by atoms with Crippen LogP contribution in [-0.4, -0.2) is 4.98 Å². The maximum atomic E-state index is 5.42. The van der Waals surface area contributed by atoms with Crippen LogP contribution in [0.5, 0.6) is 0 Å². The second-order valence-electron chi connectivity index (χ2n) is 10.9. The van der Waals surface area contributed by atoms with Gasteiger partial charge in [-0.25, -0.2) is 0 Å². The SMILES string of the molecule is CC(C)c1ccccc1C([N-]c1c(C(C)C)cccc1C(C)C)c1ccccn1.[CH3-].[CH3-].[Hf+4].[c-]1ccc2ccccc2c1. The van der Waals surface area contributed by atoms with Crippen LogP contribution in [0, 0.1) is 20.9 Å². The van der Waals surface area contributed by atoms with Gasteiger partial charge in [-0.05, 0) is 41.5 Å². The van der Waals surface area contributed by atoms with Crippen molar-refractivity contribution in [2.24, 2.45) is 0 Å². The first-order valence-electron chi connectivity index (χ1n) is 14.0. The van der Waals surface area contributed by atoms with Crippen LogP contribution in [0.4, 0.5) is 5.69 Å². The molecule has 0 N–H and O–H groups in total. The summed E-state index contributed by atoms with van der Waals surface area (Å²) in [6.07, 6.45) is 1.87. The Morgan fingerprint density at radius 1 is 0.571 bits per heavy atom. The molecule has 0 amide bonds. The molecular formula is C39H46HfN2. The fraction of sp³-hybridized carbons (Fsp3) is 0.256. The summed E-state index contributed by atoms with van der Waals surface area (Å²) >= 11 is 0. The van der Waals surface area contributed by atoms with Gasteiger partial charge in [0.05, 0.1) is 0 Å². The minimum atomic E-state index is -0.118. The zero-order chi connectivity index (χ0) is 27.8. The Hall–Kier alpha value is -3.04. The molecular weight excluding hydrogens is 675 g/mol. The van der Waals surface area contributed by atoms with Gasteiger partial charge < -0.3 is 20.2 Å².